The predicted molar refractivity (Wildman–Crippen MR) is 77.7 cm³/mol. The molecule has 3 saturated heterocycles. The van der Waals surface area contributed by atoms with Gasteiger partial charge in [0.2, 0.25) is 11.8 Å². The molecule has 0 spiro atoms. The normalized spacial score (nSPS) is 33.5. The monoisotopic (exact) mass is 295 g/mol. The molecule has 6 heteroatoms. The molecule has 0 aromatic carbocycles. The fraction of sp³-hybridized carbons (Fsp3) is 0.867. The van der Waals surface area contributed by atoms with Crippen LogP contribution in [0.2, 0.25) is 0 Å². The Kier molecular flexibility index (Phi) is 4.45. The highest BCUT2D eigenvalue weighted by atomic mass is 16.5. The van der Waals surface area contributed by atoms with Gasteiger partial charge < -0.3 is 19.9 Å². The van der Waals surface area contributed by atoms with E-state index in [0.717, 1.165) is 32.4 Å². The molecule has 3 heterocycles. The third-order valence-electron chi connectivity index (χ3n) is 4.99. The molecule has 0 aromatic rings. The first-order chi connectivity index (χ1) is 10.2. The molecule has 0 aliphatic carbocycles. The maximum absolute atomic E-state index is 12.7. The Morgan fingerprint density at radius 3 is 2.52 bits per heavy atom. The van der Waals surface area contributed by atoms with Crippen molar-refractivity contribution in [1.82, 2.24) is 15.1 Å². The fourth-order valence-corrected chi connectivity index (χ4v) is 3.69. The first-order valence-corrected chi connectivity index (χ1v) is 8.09. The van der Waals surface area contributed by atoms with E-state index in [4.69, 9.17) is 4.74 Å². The third-order valence-corrected chi connectivity index (χ3v) is 4.99. The van der Waals surface area contributed by atoms with Crippen molar-refractivity contribution in [2.24, 2.45) is 5.92 Å². The van der Waals surface area contributed by atoms with Crippen molar-refractivity contribution in [3.63, 3.8) is 0 Å². The highest BCUT2D eigenvalue weighted by Gasteiger charge is 2.41. The van der Waals surface area contributed by atoms with Crippen molar-refractivity contribution in [2.75, 3.05) is 39.4 Å². The molecule has 0 aromatic heterocycles. The smallest absolute Gasteiger partial charge is 0.245 e. The maximum atomic E-state index is 12.7. The molecule has 3 atom stereocenters. The van der Waals surface area contributed by atoms with Crippen LogP contribution in [0.15, 0.2) is 0 Å². The maximum Gasteiger partial charge on any atom is 0.245 e. The van der Waals surface area contributed by atoms with Gasteiger partial charge in [-0.1, -0.05) is 0 Å². The largest absolute Gasteiger partial charge is 0.378 e. The van der Waals surface area contributed by atoms with Crippen molar-refractivity contribution in [1.29, 1.82) is 0 Å². The second kappa shape index (κ2) is 6.32. The van der Waals surface area contributed by atoms with Gasteiger partial charge in [0.1, 0.15) is 6.04 Å². The molecule has 3 rings (SSSR count). The zero-order chi connectivity index (χ0) is 14.8. The number of rotatable bonds is 2. The summed E-state index contributed by atoms with van der Waals surface area (Å²) < 4.78 is 5.30. The molecular formula is C15H25N3O3. The predicted octanol–water partition coefficient (Wildman–Crippen LogP) is -0.166. The molecule has 0 saturated carbocycles. The molecule has 3 aliphatic rings. The number of likely N-dealkylation sites (tertiary alicyclic amines) is 1. The minimum absolute atomic E-state index is 0.0306. The molecule has 2 amide bonds. The van der Waals surface area contributed by atoms with Crippen LogP contribution in [-0.4, -0.2) is 73.1 Å². The van der Waals surface area contributed by atoms with Gasteiger partial charge >= 0.3 is 0 Å². The van der Waals surface area contributed by atoms with Gasteiger partial charge in [0.25, 0.3) is 0 Å². The van der Waals surface area contributed by atoms with E-state index >= 15 is 0 Å². The molecule has 0 radical (unpaired) electrons. The minimum atomic E-state index is -0.247. The summed E-state index contributed by atoms with van der Waals surface area (Å²) in [6.07, 6.45) is 2.62. The Morgan fingerprint density at radius 2 is 1.86 bits per heavy atom. The Balaban J connectivity index is 1.67. The van der Waals surface area contributed by atoms with Crippen LogP contribution in [0.5, 0.6) is 0 Å². The van der Waals surface area contributed by atoms with E-state index in [1.54, 1.807) is 0 Å². The second-order valence-corrected chi connectivity index (χ2v) is 6.27. The lowest BCUT2D eigenvalue weighted by molar-refractivity contribution is -0.148. The van der Waals surface area contributed by atoms with Gasteiger partial charge in [0.15, 0.2) is 0 Å². The summed E-state index contributed by atoms with van der Waals surface area (Å²) in [5.74, 6) is 0.308. The third kappa shape index (κ3) is 2.92. The van der Waals surface area contributed by atoms with Crippen LogP contribution in [0.3, 0.4) is 0 Å². The van der Waals surface area contributed by atoms with Crippen LogP contribution in [0.25, 0.3) is 0 Å². The fourth-order valence-electron chi connectivity index (χ4n) is 3.69. The summed E-state index contributed by atoms with van der Waals surface area (Å²) in [4.78, 5) is 29.1. The van der Waals surface area contributed by atoms with Gasteiger partial charge in [-0.2, -0.15) is 0 Å². The summed E-state index contributed by atoms with van der Waals surface area (Å²) >= 11 is 0. The summed E-state index contributed by atoms with van der Waals surface area (Å²) in [6, 6.07) is -0.0272. The van der Waals surface area contributed by atoms with Gasteiger partial charge in [-0.25, -0.2) is 0 Å². The van der Waals surface area contributed by atoms with Crippen molar-refractivity contribution >= 4 is 11.8 Å². The minimum Gasteiger partial charge on any atom is -0.378 e. The van der Waals surface area contributed by atoms with E-state index in [-0.39, 0.29) is 29.8 Å². The zero-order valence-corrected chi connectivity index (χ0v) is 12.7. The average Bonchev–Trinajstić information content (AvgIpc) is 3.15. The van der Waals surface area contributed by atoms with Crippen LogP contribution in [0.1, 0.15) is 26.2 Å². The SMILES string of the molecule is CC1NCCC1C(=O)N1CCCC1C(=O)N1CCOCC1. The Labute approximate surface area is 125 Å². The zero-order valence-electron chi connectivity index (χ0n) is 12.7. The molecule has 1 N–H and O–H groups in total. The van der Waals surface area contributed by atoms with Crippen LogP contribution < -0.4 is 5.32 Å². The van der Waals surface area contributed by atoms with E-state index in [9.17, 15) is 9.59 Å². The number of carbonyl (C=O) groups excluding carboxylic acids is 2. The number of carbonyl (C=O) groups is 2. The molecule has 0 bridgehead atoms. The quantitative estimate of drug-likeness (QED) is 0.768. The molecular weight excluding hydrogens is 270 g/mol. The number of morpholine rings is 1. The van der Waals surface area contributed by atoms with Gasteiger partial charge in [0.05, 0.1) is 19.1 Å². The van der Waals surface area contributed by atoms with E-state index in [1.165, 1.54) is 0 Å². The summed E-state index contributed by atoms with van der Waals surface area (Å²) in [5, 5.41) is 3.32. The molecule has 3 unspecified atom stereocenters. The Bertz CT molecular complexity index is 409. The highest BCUT2D eigenvalue weighted by Crippen LogP contribution is 2.26. The molecule has 3 aliphatic heterocycles. The van der Waals surface area contributed by atoms with Crippen LogP contribution in [0.4, 0.5) is 0 Å². The second-order valence-electron chi connectivity index (χ2n) is 6.27. The molecule has 3 fully saturated rings. The Hall–Kier alpha value is -1.14. The van der Waals surface area contributed by atoms with Crippen LogP contribution in [0, 0.1) is 5.92 Å². The van der Waals surface area contributed by atoms with Crippen molar-refractivity contribution in [2.45, 2.75) is 38.3 Å². The highest BCUT2D eigenvalue weighted by molar-refractivity contribution is 5.89. The lowest BCUT2D eigenvalue weighted by Crippen LogP contribution is -2.52. The van der Waals surface area contributed by atoms with E-state index in [2.05, 4.69) is 12.2 Å². The number of hydrogen-bond acceptors (Lipinski definition) is 4. The van der Waals surface area contributed by atoms with Crippen molar-refractivity contribution in [3.05, 3.63) is 0 Å². The molecule has 21 heavy (non-hydrogen) atoms. The molecule has 118 valence electrons. The van der Waals surface area contributed by atoms with Crippen LogP contribution in [-0.2, 0) is 14.3 Å². The van der Waals surface area contributed by atoms with Gasteiger partial charge in [-0.05, 0) is 32.7 Å². The molecule has 6 nitrogen and oxygen atoms in total. The van der Waals surface area contributed by atoms with Gasteiger partial charge in [0, 0.05) is 25.7 Å². The standard InChI is InChI=1S/C15H25N3O3/c1-11-12(4-5-16-11)14(19)18-6-2-3-13(18)15(20)17-7-9-21-10-8-17/h11-13,16H,2-10H2,1H3. The van der Waals surface area contributed by atoms with Gasteiger partial charge in [-0.3, -0.25) is 9.59 Å². The lowest BCUT2D eigenvalue weighted by Gasteiger charge is -2.33. The van der Waals surface area contributed by atoms with Crippen molar-refractivity contribution in [3.8, 4) is 0 Å². The number of hydrogen-bond donors (Lipinski definition) is 1. The van der Waals surface area contributed by atoms with Crippen LogP contribution >= 0.6 is 0 Å². The number of amides is 2. The summed E-state index contributed by atoms with van der Waals surface area (Å²) in [5.41, 5.74) is 0. The number of nitrogens with one attached hydrogen (secondary N) is 1. The van der Waals surface area contributed by atoms with Crippen molar-refractivity contribution < 1.29 is 14.3 Å². The summed E-state index contributed by atoms with van der Waals surface area (Å²) in [7, 11) is 0. The number of nitrogens with zero attached hydrogens (tertiary/aromatic N) is 2. The average molecular weight is 295 g/mol. The summed E-state index contributed by atoms with van der Waals surface area (Å²) in [6.45, 7) is 6.20. The first-order valence-electron chi connectivity index (χ1n) is 8.09. The lowest BCUT2D eigenvalue weighted by atomic mass is 10.00. The Morgan fingerprint density at radius 1 is 1.10 bits per heavy atom. The van der Waals surface area contributed by atoms with E-state index in [1.807, 2.05) is 9.80 Å². The number of ether oxygens (including phenoxy) is 1. The van der Waals surface area contributed by atoms with Gasteiger partial charge in [-0.15, -0.1) is 0 Å². The first kappa shape index (κ1) is 14.8. The topological polar surface area (TPSA) is 61.9 Å². The van der Waals surface area contributed by atoms with E-state index in [0.29, 0.717) is 26.3 Å². The van der Waals surface area contributed by atoms with E-state index < -0.39 is 0 Å².